The maximum Gasteiger partial charge on any atom is 0.0992 e. The van der Waals surface area contributed by atoms with Gasteiger partial charge in [0.1, 0.15) is 0 Å². The molecule has 6 aromatic rings. The molecule has 0 N–H and O–H groups in total. The van der Waals surface area contributed by atoms with Crippen LogP contribution < -0.4 is 0 Å². The lowest BCUT2D eigenvalue weighted by atomic mass is 9.80. The molecular formula is C46H39N3. The lowest BCUT2D eigenvalue weighted by molar-refractivity contribution is 0.573. The first-order valence-electron chi connectivity index (χ1n) is 17.6. The zero-order chi connectivity index (χ0) is 33.2. The molecule has 0 fully saturated rings. The van der Waals surface area contributed by atoms with Crippen molar-refractivity contribution < 1.29 is 0 Å². The predicted octanol–water partition coefficient (Wildman–Crippen LogP) is 11.7. The predicted molar refractivity (Wildman–Crippen MR) is 206 cm³/mol. The van der Waals surface area contributed by atoms with Crippen LogP contribution in [0.1, 0.15) is 66.2 Å². The van der Waals surface area contributed by atoms with Gasteiger partial charge in [0, 0.05) is 44.2 Å². The van der Waals surface area contributed by atoms with Crippen molar-refractivity contribution in [2.45, 2.75) is 46.1 Å². The minimum absolute atomic E-state index is 0.288. The summed E-state index contributed by atoms with van der Waals surface area (Å²) >= 11 is 0. The molecule has 3 unspecified atom stereocenters. The minimum atomic E-state index is 0.288. The molecule has 3 aliphatic carbocycles. The number of fused-ring (bicyclic) bond motifs is 6. The van der Waals surface area contributed by atoms with E-state index in [1.807, 2.05) is 18.2 Å². The largest absolute Gasteiger partial charge is 0.336 e. The molecule has 3 aliphatic rings. The number of nitrogens with zero attached hydrogens (tertiary/aromatic N) is 3. The molecule has 0 aliphatic heterocycles. The molecule has 2 heterocycles. The van der Waals surface area contributed by atoms with Gasteiger partial charge in [0.2, 0.25) is 0 Å². The van der Waals surface area contributed by atoms with Crippen molar-refractivity contribution in [3.63, 3.8) is 0 Å². The van der Waals surface area contributed by atoms with Crippen LogP contribution in [0.5, 0.6) is 0 Å². The number of rotatable bonds is 4. The third kappa shape index (κ3) is 4.62. The van der Waals surface area contributed by atoms with Crippen LogP contribution >= 0.6 is 0 Å². The minimum Gasteiger partial charge on any atom is -0.336 e. The molecule has 0 amide bonds. The van der Waals surface area contributed by atoms with Gasteiger partial charge in [0.25, 0.3) is 0 Å². The second kappa shape index (κ2) is 11.5. The summed E-state index contributed by atoms with van der Waals surface area (Å²) < 4.78 is 5.06. The Kier molecular flexibility index (Phi) is 6.95. The Balaban J connectivity index is 1.39. The number of allylic oxidation sites excluding steroid dienone is 9. The fourth-order valence-electron chi connectivity index (χ4n) is 8.70. The summed E-state index contributed by atoms with van der Waals surface area (Å²) in [6.07, 6.45) is 21.6. The highest BCUT2D eigenvalue weighted by Gasteiger charge is 2.29. The number of hydrogen-bond donors (Lipinski definition) is 0. The van der Waals surface area contributed by atoms with E-state index in [4.69, 9.17) is 0 Å². The van der Waals surface area contributed by atoms with Crippen LogP contribution in [0, 0.1) is 30.1 Å². The van der Waals surface area contributed by atoms with Crippen LogP contribution in [-0.4, -0.2) is 9.13 Å². The van der Waals surface area contributed by atoms with E-state index in [-0.39, 0.29) is 6.04 Å². The molecule has 238 valence electrons. The van der Waals surface area contributed by atoms with Crippen molar-refractivity contribution >= 4 is 49.9 Å². The second-order valence-electron chi connectivity index (χ2n) is 14.2. The van der Waals surface area contributed by atoms with E-state index in [1.165, 1.54) is 66.3 Å². The number of benzene rings is 4. The highest BCUT2D eigenvalue weighted by atomic mass is 15.0. The smallest absolute Gasteiger partial charge is 0.0992 e. The van der Waals surface area contributed by atoms with Crippen molar-refractivity contribution in [2.24, 2.45) is 11.8 Å². The zero-order valence-electron chi connectivity index (χ0n) is 28.3. The van der Waals surface area contributed by atoms with E-state index in [0.717, 1.165) is 30.5 Å². The fourth-order valence-corrected chi connectivity index (χ4v) is 8.70. The van der Waals surface area contributed by atoms with Gasteiger partial charge in [-0.3, -0.25) is 0 Å². The molecule has 3 atom stereocenters. The molecule has 49 heavy (non-hydrogen) atoms. The normalized spacial score (nSPS) is 20.1. The summed E-state index contributed by atoms with van der Waals surface area (Å²) in [4.78, 5) is 0. The van der Waals surface area contributed by atoms with Gasteiger partial charge in [0.15, 0.2) is 0 Å². The van der Waals surface area contributed by atoms with Crippen LogP contribution in [0.3, 0.4) is 0 Å². The standard InChI is InChI=1S/C46H39N3/c1-29-22-24-42-41(25-29)39-19-9-18-38(45(39)49(42)34-15-8-12-32(27-34)28-47)36-16-7-11-31(3)44(36)40-20-10-17-37-35-23-21-30(2)26-43(35)48(46(37)40)33-13-5-4-6-14-33/h4-10,12-13,15-25,27,30-31,33H,11,14,26H2,1-3H3. The Morgan fingerprint density at radius 1 is 0.755 bits per heavy atom. The lowest BCUT2D eigenvalue weighted by Crippen LogP contribution is -2.15. The SMILES string of the molecule is Cc1ccc2c(c1)c1cccc(C3=C(c4cccc5c6c(n(C7C=CC=CC7)c45)CC(C)C=C6)C(C)CC=C3)c1n2-c1cccc(C#N)c1. The molecule has 3 heteroatoms. The topological polar surface area (TPSA) is 33.6 Å². The Hall–Kier alpha value is -5.59. The summed E-state index contributed by atoms with van der Waals surface area (Å²) in [5.41, 5.74) is 14.7. The van der Waals surface area contributed by atoms with Gasteiger partial charge < -0.3 is 9.13 Å². The van der Waals surface area contributed by atoms with Crippen LogP contribution in [0.2, 0.25) is 0 Å². The molecule has 3 nitrogen and oxygen atoms in total. The van der Waals surface area contributed by atoms with Gasteiger partial charge in [-0.2, -0.15) is 5.26 Å². The summed E-state index contributed by atoms with van der Waals surface area (Å²) in [6, 6.07) is 31.2. The maximum atomic E-state index is 9.86. The van der Waals surface area contributed by atoms with Crippen molar-refractivity contribution in [1.82, 2.24) is 9.13 Å². The van der Waals surface area contributed by atoms with E-state index >= 15 is 0 Å². The number of aryl methyl sites for hydroxylation is 1. The van der Waals surface area contributed by atoms with Gasteiger partial charge in [-0.25, -0.2) is 0 Å². The molecule has 4 aromatic carbocycles. The van der Waals surface area contributed by atoms with Gasteiger partial charge in [0.05, 0.1) is 34.2 Å². The van der Waals surface area contributed by atoms with Crippen LogP contribution in [0.4, 0.5) is 0 Å². The highest BCUT2D eigenvalue weighted by molar-refractivity contribution is 6.16. The average molecular weight is 634 g/mol. The molecule has 0 saturated carbocycles. The quantitative estimate of drug-likeness (QED) is 0.190. The maximum absolute atomic E-state index is 9.86. The van der Waals surface area contributed by atoms with Crippen LogP contribution in [0.25, 0.3) is 55.6 Å². The van der Waals surface area contributed by atoms with Gasteiger partial charge >= 0.3 is 0 Å². The second-order valence-corrected chi connectivity index (χ2v) is 14.2. The van der Waals surface area contributed by atoms with Gasteiger partial charge in [-0.05, 0) is 79.5 Å². The molecule has 0 radical (unpaired) electrons. The van der Waals surface area contributed by atoms with E-state index in [0.29, 0.717) is 17.4 Å². The number of para-hydroxylation sites is 2. The molecule has 9 rings (SSSR count). The Morgan fingerprint density at radius 2 is 1.59 bits per heavy atom. The zero-order valence-corrected chi connectivity index (χ0v) is 28.3. The van der Waals surface area contributed by atoms with Gasteiger partial charge in [-0.15, -0.1) is 0 Å². The Morgan fingerprint density at radius 3 is 2.43 bits per heavy atom. The van der Waals surface area contributed by atoms with Crippen molar-refractivity contribution in [3.05, 3.63) is 155 Å². The molecular weight excluding hydrogens is 595 g/mol. The van der Waals surface area contributed by atoms with Crippen LogP contribution in [0.15, 0.2) is 121 Å². The molecule has 0 spiro atoms. The van der Waals surface area contributed by atoms with Crippen molar-refractivity contribution in [1.29, 1.82) is 5.26 Å². The molecule has 0 saturated heterocycles. The summed E-state index contributed by atoms with van der Waals surface area (Å²) in [5, 5.41) is 13.7. The first kappa shape index (κ1) is 29.5. The van der Waals surface area contributed by atoms with Crippen molar-refractivity contribution in [2.75, 3.05) is 0 Å². The lowest BCUT2D eigenvalue weighted by Gasteiger charge is -2.27. The van der Waals surface area contributed by atoms with E-state index < -0.39 is 0 Å². The number of hydrogen-bond acceptors (Lipinski definition) is 1. The first-order chi connectivity index (χ1) is 24.0. The Bertz CT molecular complexity index is 2530. The van der Waals surface area contributed by atoms with Crippen LogP contribution in [-0.2, 0) is 6.42 Å². The summed E-state index contributed by atoms with van der Waals surface area (Å²) in [5.74, 6) is 0.843. The van der Waals surface area contributed by atoms with E-state index in [1.54, 1.807) is 0 Å². The van der Waals surface area contributed by atoms with Crippen molar-refractivity contribution in [3.8, 4) is 11.8 Å². The number of aromatic nitrogens is 2. The van der Waals surface area contributed by atoms with E-state index in [2.05, 4.69) is 145 Å². The third-order valence-electron chi connectivity index (χ3n) is 10.9. The first-order valence-corrected chi connectivity index (χ1v) is 17.6. The monoisotopic (exact) mass is 633 g/mol. The molecule has 0 bridgehead atoms. The average Bonchev–Trinajstić information content (AvgIpc) is 3.64. The fraction of sp³-hybridized carbons (Fsp3) is 0.196. The number of nitriles is 1. The highest BCUT2D eigenvalue weighted by Crippen LogP contribution is 2.47. The Labute approximate surface area is 288 Å². The summed E-state index contributed by atoms with van der Waals surface area (Å²) in [6.45, 7) is 6.89. The van der Waals surface area contributed by atoms with E-state index in [9.17, 15) is 5.26 Å². The third-order valence-corrected chi connectivity index (χ3v) is 10.9. The summed E-state index contributed by atoms with van der Waals surface area (Å²) in [7, 11) is 0. The molecule has 2 aromatic heterocycles. The van der Waals surface area contributed by atoms with Gasteiger partial charge in [-0.1, -0.05) is 117 Å².